The number of rotatable bonds is 4. The Bertz CT molecular complexity index is 761. The van der Waals surface area contributed by atoms with Gasteiger partial charge in [0.25, 0.3) is 0 Å². The van der Waals surface area contributed by atoms with E-state index in [9.17, 15) is 14.4 Å². The monoisotopic (exact) mass is 297 g/mol. The van der Waals surface area contributed by atoms with Gasteiger partial charge in [0.05, 0.1) is 0 Å². The first kappa shape index (κ1) is 15.2. The Balaban J connectivity index is 1.99. The lowest BCUT2D eigenvalue weighted by Crippen LogP contribution is -2.15. The SMILES string of the molecule is CC(=O)Nc1ccc(C=CC(=O)Nc2c[nH]ccc2=O)cc1. The molecule has 2 amide bonds. The lowest BCUT2D eigenvalue weighted by Gasteiger charge is -2.02. The Morgan fingerprint density at radius 1 is 1.09 bits per heavy atom. The van der Waals surface area contributed by atoms with E-state index in [0.29, 0.717) is 5.69 Å². The summed E-state index contributed by atoms with van der Waals surface area (Å²) in [6, 6.07) is 8.34. The largest absolute Gasteiger partial charge is 0.366 e. The minimum Gasteiger partial charge on any atom is -0.366 e. The normalized spacial score (nSPS) is 10.4. The summed E-state index contributed by atoms with van der Waals surface area (Å²) in [7, 11) is 0. The molecule has 0 aliphatic rings. The van der Waals surface area contributed by atoms with Crippen molar-refractivity contribution in [1.82, 2.24) is 4.98 Å². The Morgan fingerprint density at radius 2 is 1.82 bits per heavy atom. The molecule has 0 aliphatic carbocycles. The summed E-state index contributed by atoms with van der Waals surface area (Å²) < 4.78 is 0. The molecule has 6 heteroatoms. The number of hydrogen-bond acceptors (Lipinski definition) is 3. The standard InChI is InChI=1S/C16H15N3O3/c1-11(20)18-13-5-2-12(3-6-13)4-7-16(22)19-14-10-17-9-8-15(14)21/h2-10H,1H3,(H,17,21)(H,18,20)(H,19,22). The van der Waals surface area contributed by atoms with Crippen LogP contribution in [0.2, 0.25) is 0 Å². The second-order valence-electron chi connectivity index (χ2n) is 4.55. The number of pyridine rings is 1. The zero-order valence-corrected chi connectivity index (χ0v) is 11.9. The lowest BCUT2D eigenvalue weighted by molar-refractivity contribution is -0.114. The molecular weight excluding hydrogens is 282 g/mol. The van der Waals surface area contributed by atoms with Crippen LogP contribution in [-0.2, 0) is 9.59 Å². The van der Waals surface area contributed by atoms with Crippen molar-refractivity contribution >= 4 is 29.3 Å². The Kier molecular flexibility index (Phi) is 4.87. The van der Waals surface area contributed by atoms with E-state index in [-0.39, 0.29) is 17.0 Å². The van der Waals surface area contributed by atoms with E-state index < -0.39 is 5.91 Å². The Labute approximate surface area is 126 Å². The number of H-pyrrole nitrogens is 1. The van der Waals surface area contributed by atoms with Crippen molar-refractivity contribution in [2.75, 3.05) is 10.6 Å². The average molecular weight is 297 g/mol. The molecule has 22 heavy (non-hydrogen) atoms. The molecule has 0 saturated carbocycles. The first-order valence-electron chi connectivity index (χ1n) is 6.58. The third-order valence-corrected chi connectivity index (χ3v) is 2.74. The third-order valence-electron chi connectivity index (χ3n) is 2.74. The van der Waals surface area contributed by atoms with Crippen molar-refractivity contribution in [1.29, 1.82) is 0 Å². The second-order valence-corrected chi connectivity index (χ2v) is 4.55. The van der Waals surface area contributed by atoms with Crippen LogP contribution in [0.25, 0.3) is 6.08 Å². The molecule has 0 spiro atoms. The molecule has 0 bridgehead atoms. The van der Waals surface area contributed by atoms with Crippen LogP contribution in [0.1, 0.15) is 12.5 Å². The molecule has 1 aromatic heterocycles. The van der Waals surface area contributed by atoms with Gasteiger partial charge in [0.15, 0.2) is 0 Å². The molecule has 1 aromatic carbocycles. The molecule has 0 saturated heterocycles. The van der Waals surface area contributed by atoms with Gasteiger partial charge < -0.3 is 15.6 Å². The van der Waals surface area contributed by atoms with Gasteiger partial charge in [-0.25, -0.2) is 0 Å². The number of carbonyl (C=O) groups is 2. The minimum atomic E-state index is -0.400. The summed E-state index contributed by atoms with van der Waals surface area (Å²) in [4.78, 5) is 36.8. The van der Waals surface area contributed by atoms with Gasteiger partial charge in [-0.1, -0.05) is 12.1 Å². The molecular formula is C16H15N3O3. The van der Waals surface area contributed by atoms with Gasteiger partial charge in [0.1, 0.15) is 5.69 Å². The number of nitrogens with one attached hydrogen (secondary N) is 3. The van der Waals surface area contributed by atoms with E-state index >= 15 is 0 Å². The minimum absolute atomic E-state index is 0.143. The Morgan fingerprint density at radius 3 is 2.45 bits per heavy atom. The number of amides is 2. The van der Waals surface area contributed by atoms with Crippen LogP contribution < -0.4 is 16.1 Å². The summed E-state index contributed by atoms with van der Waals surface area (Å²) in [5.74, 6) is -0.543. The number of benzene rings is 1. The Hall–Kier alpha value is -3.15. The number of hydrogen-bond donors (Lipinski definition) is 3. The van der Waals surface area contributed by atoms with Crippen molar-refractivity contribution in [2.24, 2.45) is 0 Å². The highest BCUT2D eigenvalue weighted by atomic mass is 16.2. The van der Waals surface area contributed by atoms with Gasteiger partial charge in [-0.15, -0.1) is 0 Å². The predicted molar refractivity (Wildman–Crippen MR) is 85.5 cm³/mol. The van der Waals surface area contributed by atoms with Crippen molar-refractivity contribution in [3.8, 4) is 0 Å². The first-order valence-corrected chi connectivity index (χ1v) is 6.58. The smallest absolute Gasteiger partial charge is 0.248 e. The zero-order valence-electron chi connectivity index (χ0n) is 11.9. The molecule has 2 aromatic rings. The molecule has 1 heterocycles. The van der Waals surface area contributed by atoms with Crippen LogP contribution >= 0.6 is 0 Å². The van der Waals surface area contributed by atoms with Crippen LogP contribution in [0.4, 0.5) is 11.4 Å². The summed E-state index contributed by atoms with van der Waals surface area (Å²) in [5, 5.41) is 5.15. The number of anilines is 2. The van der Waals surface area contributed by atoms with Gasteiger partial charge in [0.2, 0.25) is 17.2 Å². The fourth-order valence-electron chi connectivity index (χ4n) is 1.74. The molecule has 0 unspecified atom stereocenters. The molecule has 0 radical (unpaired) electrons. The molecule has 0 fully saturated rings. The molecule has 3 N–H and O–H groups in total. The van der Waals surface area contributed by atoms with Crippen LogP contribution in [0.15, 0.2) is 53.6 Å². The maximum absolute atomic E-state index is 11.7. The second kappa shape index (κ2) is 7.03. The highest BCUT2D eigenvalue weighted by Crippen LogP contribution is 2.10. The van der Waals surface area contributed by atoms with Gasteiger partial charge >= 0.3 is 0 Å². The number of carbonyl (C=O) groups excluding carboxylic acids is 2. The van der Waals surface area contributed by atoms with Gasteiger partial charge in [-0.05, 0) is 23.8 Å². The predicted octanol–water partition coefficient (Wildman–Crippen LogP) is 1.99. The van der Waals surface area contributed by atoms with Crippen LogP contribution in [-0.4, -0.2) is 16.8 Å². The maximum atomic E-state index is 11.7. The van der Waals surface area contributed by atoms with E-state index in [2.05, 4.69) is 15.6 Å². The van der Waals surface area contributed by atoms with Gasteiger partial charge in [-0.2, -0.15) is 0 Å². The zero-order chi connectivity index (χ0) is 15.9. The van der Waals surface area contributed by atoms with E-state index in [1.54, 1.807) is 30.3 Å². The average Bonchev–Trinajstić information content (AvgIpc) is 2.48. The van der Waals surface area contributed by atoms with Crippen LogP contribution in [0, 0.1) is 0 Å². The number of aromatic nitrogens is 1. The lowest BCUT2D eigenvalue weighted by atomic mass is 10.2. The van der Waals surface area contributed by atoms with Crippen molar-refractivity contribution in [3.05, 3.63) is 64.6 Å². The summed E-state index contributed by atoms with van der Waals surface area (Å²) in [6.07, 6.45) is 5.87. The molecule has 112 valence electrons. The van der Waals surface area contributed by atoms with Crippen molar-refractivity contribution in [2.45, 2.75) is 6.92 Å². The third kappa shape index (κ3) is 4.45. The van der Waals surface area contributed by atoms with E-state index in [4.69, 9.17) is 0 Å². The summed E-state index contributed by atoms with van der Waals surface area (Å²) >= 11 is 0. The topological polar surface area (TPSA) is 91.1 Å². The van der Waals surface area contributed by atoms with Crippen molar-refractivity contribution in [3.63, 3.8) is 0 Å². The van der Waals surface area contributed by atoms with Gasteiger partial charge in [-0.3, -0.25) is 14.4 Å². The molecule has 0 atom stereocenters. The van der Waals surface area contributed by atoms with Gasteiger partial charge in [0, 0.05) is 37.1 Å². The number of aromatic amines is 1. The fraction of sp³-hybridized carbons (Fsp3) is 0.0625. The van der Waals surface area contributed by atoms with Crippen LogP contribution in [0.5, 0.6) is 0 Å². The van der Waals surface area contributed by atoms with Crippen molar-refractivity contribution < 1.29 is 9.59 Å². The summed E-state index contributed by atoms with van der Waals surface area (Å²) in [5.41, 5.74) is 1.41. The summed E-state index contributed by atoms with van der Waals surface area (Å²) in [6.45, 7) is 1.43. The highest BCUT2D eigenvalue weighted by molar-refractivity contribution is 6.01. The molecule has 6 nitrogen and oxygen atoms in total. The van der Waals surface area contributed by atoms with Crippen LogP contribution in [0.3, 0.4) is 0 Å². The highest BCUT2D eigenvalue weighted by Gasteiger charge is 2.01. The first-order chi connectivity index (χ1) is 10.5. The molecule has 2 rings (SSSR count). The van der Waals surface area contributed by atoms with E-state index in [1.165, 1.54) is 31.5 Å². The van der Waals surface area contributed by atoms with E-state index in [1.807, 2.05) is 0 Å². The quantitative estimate of drug-likeness (QED) is 0.754. The fourth-order valence-corrected chi connectivity index (χ4v) is 1.74. The molecule has 0 aliphatic heterocycles. The maximum Gasteiger partial charge on any atom is 0.248 e. The van der Waals surface area contributed by atoms with E-state index in [0.717, 1.165) is 5.56 Å².